The van der Waals surface area contributed by atoms with Crippen LogP contribution in [0, 0.1) is 6.92 Å². The molecular weight excluding hydrogens is 337 g/mol. The minimum atomic E-state index is -4.85. The van der Waals surface area contributed by atoms with Crippen molar-refractivity contribution in [1.82, 2.24) is 0 Å². The molecule has 1 N–H and O–H groups in total. The zero-order valence-electron chi connectivity index (χ0n) is 12.3. The summed E-state index contributed by atoms with van der Waals surface area (Å²) in [5.74, 6) is -1.54. The van der Waals surface area contributed by atoms with Crippen LogP contribution in [0.4, 0.5) is 13.2 Å². The predicted molar refractivity (Wildman–Crippen MR) is 78.1 cm³/mol. The van der Waals surface area contributed by atoms with E-state index in [0.717, 1.165) is 6.08 Å². The van der Waals surface area contributed by atoms with Crippen molar-refractivity contribution >= 4 is 23.6 Å². The van der Waals surface area contributed by atoms with Gasteiger partial charge in [-0.3, -0.25) is 0 Å². The summed E-state index contributed by atoms with van der Waals surface area (Å²) in [5, 5.41) is 9.19. The van der Waals surface area contributed by atoms with Crippen molar-refractivity contribution in [3.63, 3.8) is 0 Å². The van der Waals surface area contributed by atoms with E-state index in [1.165, 1.54) is 13.0 Å². The van der Waals surface area contributed by atoms with Gasteiger partial charge in [-0.25, -0.2) is 4.79 Å². The van der Waals surface area contributed by atoms with Crippen molar-refractivity contribution in [2.24, 2.45) is 0 Å². The van der Waals surface area contributed by atoms with Gasteiger partial charge in [-0.05, 0) is 25.5 Å². The summed E-state index contributed by atoms with van der Waals surface area (Å²) < 4.78 is 49.6. The molecule has 2 rings (SSSR count). The van der Waals surface area contributed by atoms with Gasteiger partial charge in [-0.15, -0.1) is 0 Å². The fraction of sp³-hybridized carbons (Fsp3) is 0.400. The second-order valence-corrected chi connectivity index (χ2v) is 5.43. The molecule has 4 nitrogen and oxygen atoms in total. The molecule has 1 aliphatic rings. The van der Waals surface area contributed by atoms with Gasteiger partial charge in [0.05, 0.1) is 17.2 Å². The van der Waals surface area contributed by atoms with Crippen LogP contribution >= 0.6 is 11.6 Å². The second-order valence-electron chi connectivity index (χ2n) is 5.02. The molecule has 8 heteroatoms. The Labute approximate surface area is 135 Å². The molecule has 1 aromatic rings. The third kappa shape index (κ3) is 3.39. The largest absolute Gasteiger partial charge is 0.492 e. The van der Waals surface area contributed by atoms with E-state index in [4.69, 9.17) is 26.2 Å². The topological polar surface area (TPSA) is 55.8 Å². The van der Waals surface area contributed by atoms with Crippen LogP contribution in [0.3, 0.4) is 0 Å². The molecule has 0 bridgehead atoms. The van der Waals surface area contributed by atoms with E-state index in [1.807, 2.05) is 6.92 Å². The van der Waals surface area contributed by atoms with Crippen LogP contribution in [0.2, 0.25) is 5.02 Å². The molecule has 126 valence electrons. The van der Waals surface area contributed by atoms with E-state index in [0.29, 0.717) is 18.6 Å². The van der Waals surface area contributed by atoms with Crippen molar-refractivity contribution in [3.8, 4) is 11.5 Å². The molecule has 1 aromatic carbocycles. The van der Waals surface area contributed by atoms with Gasteiger partial charge >= 0.3 is 12.1 Å². The molecule has 0 radical (unpaired) electrons. The Balaban J connectivity index is 2.57. The van der Waals surface area contributed by atoms with Crippen LogP contribution in [0.25, 0.3) is 6.08 Å². The Morgan fingerprint density at radius 1 is 1.48 bits per heavy atom. The zero-order valence-corrected chi connectivity index (χ0v) is 13.1. The lowest BCUT2D eigenvalue weighted by Crippen LogP contribution is -2.40. The van der Waals surface area contributed by atoms with E-state index in [-0.39, 0.29) is 22.1 Å². The van der Waals surface area contributed by atoms with Gasteiger partial charge in [0.2, 0.25) is 6.10 Å². The maximum Gasteiger partial charge on any atom is 0.430 e. The highest BCUT2D eigenvalue weighted by Gasteiger charge is 2.48. The Hall–Kier alpha value is -1.89. The van der Waals surface area contributed by atoms with Crippen LogP contribution in [0.1, 0.15) is 24.5 Å². The second kappa shape index (κ2) is 6.31. The maximum absolute atomic E-state index is 13.1. The molecule has 23 heavy (non-hydrogen) atoms. The van der Waals surface area contributed by atoms with E-state index in [9.17, 15) is 18.0 Å². The fourth-order valence-corrected chi connectivity index (χ4v) is 2.57. The molecule has 0 amide bonds. The molecule has 1 unspecified atom stereocenters. The molecule has 0 saturated carbocycles. The molecule has 0 aliphatic carbocycles. The summed E-state index contributed by atoms with van der Waals surface area (Å²) in [7, 11) is 0. The van der Waals surface area contributed by atoms with Gasteiger partial charge < -0.3 is 14.6 Å². The number of alkyl halides is 3. The van der Waals surface area contributed by atoms with E-state index in [2.05, 4.69) is 0 Å². The molecule has 0 fully saturated rings. The summed E-state index contributed by atoms with van der Waals surface area (Å²) in [6, 6.07) is 1.34. The predicted octanol–water partition coefficient (Wildman–Crippen LogP) is 4.23. The average Bonchev–Trinajstić information content (AvgIpc) is 2.44. The van der Waals surface area contributed by atoms with Crippen LogP contribution in [0.15, 0.2) is 11.6 Å². The Kier molecular flexibility index (Phi) is 4.79. The number of ether oxygens (including phenoxy) is 2. The molecule has 1 aliphatic heterocycles. The number of halogens is 4. The van der Waals surface area contributed by atoms with Gasteiger partial charge in [0, 0.05) is 11.1 Å². The number of carbonyl (C=O) groups is 1. The highest BCUT2D eigenvalue weighted by Crippen LogP contribution is 2.44. The molecular formula is C15H14ClF3O4. The smallest absolute Gasteiger partial charge is 0.430 e. The van der Waals surface area contributed by atoms with E-state index in [1.54, 1.807) is 0 Å². The van der Waals surface area contributed by atoms with Crippen LogP contribution in [-0.4, -0.2) is 30.0 Å². The molecule has 1 atom stereocenters. The monoisotopic (exact) mass is 350 g/mol. The zero-order chi connectivity index (χ0) is 17.4. The minimum absolute atomic E-state index is 0.0761. The number of carboxylic acid groups (broad SMARTS) is 1. The van der Waals surface area contributed by atoms with Crippen LogP contribution in [-0.2, 0) is 4.79 Å². The molecule has 1 heterocycles. The summed E-state index contributed by atoms with van der Waals surface area (Å²) in [6.45, 7) is 3.74. The SMILES string of the molecule is CCCOc1c(Cl)cc2c(c1C)OC(C(F)(F)F)C(C(=O)O)=C2. The highest BCUT2D eigenvalue weighted by molar-refractivity contribution is 6.32. The number of carboxylic acids is 1. The van der Waals surface area contributed by atoms with Crippen LogP contribution < -0.4 is 9.47 Å². The number of benzene rings is 1. The fourth-order valence-electron chi connectivity index (χ4n) is 2.25. The maximum atomic E-state index is 13.1. The summed E-state index contributed by atoms with van der Waals surface area (Å²) in [5.41, 5.74) is -0.409. The van der Waals surface area contributed by atoms with Gasteiger partial charge in [-0.2, -0.15) is 13.2 Å². The third-order valence-corrected chi connectivity index (χ3v) is 3.55. The van der Waals surface area contributed by atoms with Crippen LogP contribution in [0.5, 0.6) is 11.5 Å². The van der Waals surface area contributed by atoms with E-state index < -0.39 is 23.8 Å². The lowest BCUT2D eigenvalue weighted by atomic mass is 9.98. The number of rotatable bonds is 4. The first-order chi connectivity index (χ1) is 10.7. The number of aliphatic carboxylic acids is 1. The van der Waals surface area contributed by atoms with Crippen molar-refractivity contribution < 1.29 is 32.5 Å². The average molecular weight is 351 g/mol. The highest BCUT2D eigenvalue weighted by atomic mass is 35.5. The lowest BCUT2D eigenvalue weighted by Gasteiger charge is -2.29. The summed E-state index contributed by atoms with van der Waals surface area (Å²) in [4.78, 5) is 11.1. The lowest BCUT2D eigenvalue weighted by molar-refractivity contribution is -0.187. The van der Waals surface area contributed by atoms with Crippen molar-refractivity contribution in [2.75, 3.05) is 6.61 Å². The molecule has 0 aromatic heterocycles. The van der Waals surface area contributed by atoms with Crippen molar-refractivity contribution in [2.45, 2.75) is 32.5 Å². The Morgan fingerprint density at radius 3 is 2.65 bits per heavy atom. The first-order valence-corrected chi connectivity index (χ1v) is 7.18. The Bertz CT molecular complexity index is 668. The van der Waals surface area contributed by atoms with Crippen molar-refractivity contribution in [1.29, 1.82) is 0 Å². The van der Waals surface area contributed by atoms with Gasteiger partial charge in [-0.1, -0.05) is 18.5 Å². The first-order valence-electron chi connectivity index (χ1n) is 6.81. The van der Waals surface area contributed by atoms with Gasteiger partial charge in [0.1, 0.15) is 11.5 Å². The molecule has 0 saturated heterocycles. The van der Waals surface area contributed by atoms with Crippen molar-refractivity contribution in [3.05, 3.63) is 27.8 Å². The number of fused-ring (bicyclic) bond motifs is 1. The number of hydrogen-bond acceptors (Lipinski definition) is 3. The normalized spacial score (nSPS) is 17.1. The summed E-state index contributed by atoms with van der Waals surface area (Å²) >= 11 is 6.08. The van der Waals surface area contributed by atoms with Gasteiger partial charge in [0.15, 0.2) is 0 Å². The molecule has 0 spiro atoms. The van der Waals surface area contributed by atoms with E-state index >= 15 is 0 Å². The summed E-state index contributed by atoms with van der Waals surface area (Å²) in [6.07, 6.45) is -5.76. The number of hydrogen-bond donors (Lipinski definition) is 1. The quantitative estimate of drug-likeness (QED) is 0.883. The minimum Gasteiger partial charge on any atom is -0.492 e. The Morgan fingerprint density at radius 2 is 2.13 bits per heavy atom. The first kappa shape index (κ1) is 17.5. The standard InChI is InChI=1S/C15H14ClF3O4/c1-3-4-22-12-7(2)11-8(6-10(12)16)5-9(14(20)21)13(23-11)15(17,18)19/h5-6,13H,3-4H2,1-2H3,(H,20,21). The van der Waals surface area contributed by atoms with Gasteiger partial charge in [0.25, 0.3) is 0 Å². The third-order valence-electron chi connectivity index (χ3n) is 3.27.